The van der Waals surface area contributed by atoms with Crippen molar-refractivity contribution in [2.24, 2.45) is 5.92 Å². The lowest BCUT2D eigenvalue weighted by Crippen LogP contribution is -2.51. The topological polar surface area (TPSA) is 54.3 Å². The quantitative estimate of drug-likeness (QED) is 0.783. The highest BCUT2D eigenvalue weighted by atomic mass is 16.2. The molecule has 2 aliphatic carbocycles. The lowest BCUT2D eigenvalue weighted by Gasteiger charge is -2.37. The molecule has 2 amide bonds. The second-order valence-corrected chi connectivity index (χ2v) is 8.87. The predicted octanol–water partition coefficient (Wildman–Crippen LogP) is 3.96. The minimum absolute atomic E-state index is 0.00910. The van der Waals surface area contributed by atoms with Gasteiger partial charge in [-0.25, -0.2) is 0 Å². The second-order valence-electron chi connectivity index (χ2n) is 8.87. The number of amides is 2. The highest BCUT2D eigenvalue weighted by Crippen LogP contribution is 2.30. The summed E-state index contributed by atoms with van der Waals surface area (Å²) in [5.74, 6) is 0.796. The van der Waals surface area contributed by atoms with Crippen LogP contribution in [0.5, 0.6) is 0 Å². The third-order valence-electron chi connectivity index (χ3n) is 6.75. The number of hydrogen-bond donors (Lipinski definition) is 1. The Labute approximate surface area is 168 Å². The van der Waals surface area contributed by atoms with Gasteiger partial charge in [-0.15, -0.1) is 0 Å². The van der Waals surface area contributed by atoms with Crippen molar-refractivity contribution < 1.29 is 9.59 Å². The summed E-state index contributed by atoms with van der Waals surface area (Å²) < 4.78 is 1.94. The summed E-state index contributed by atoms with van der Waals surface area (Å²) in [7, 11) is 0. The predicted molar refractivity (Wildman–Crippen MR) is 110 cm³/mol. The van der Waals surface area contributed by atoms with Gasteiger partial charge < -0.3 is 14.8 Å². The monoisotopic (exact) mass is 383 g/mol. The van der Waals surface area contributed by atoms with Crippen molar-refractivity contribution in [1.82, 2.24) is 14.8 Å². The van der Waals surface area contributed by atoms with E-state index in [0.29, 0.717) is 13.1 Å². The molecule has 28 heavy (non-hydrogen) atoms. The van der Waals surface area contributed by atoms with Crippen LogP contribution in [0, 0.1) is 5.92 Å². The van der Waals surface area contributed by atoms with Crippen molar-refractivity contribution in [3.8, 4) is 0 Å². The van der Waals surface area contributed by atoms with Crippen molar-refractivity contribution in [2.45, 2.75) is 83.3 Å². The third kappa shape index (κ3) is 4.18. The number of aromatic nitrogens is 1. The molecule has 0 radical (unpaired) electrons. The fourth-order valence-electron chi connectivity index (χ4n) is 4.97. The van der Waals surface area contributed by atoms with Gasteiger partial charge in [-0.1, -0.05) is 18.6 Å². The van der Waals surface area contributed by atoms with E-state index < -0.39 is 6.04 Å². The Morgan fingerprint density at radius 1 is 1.21 bits per heavy atom. The van der Waals surface area contributed by atoms with Crippen LogP contribution in [0.1, 0.15) is 76.4 Å². The SMILES string of the molecule is CC1CCC(NC(=O)C2c3cccn3CC(=O)N2CCC2=CCCCC2)CC1. The van der Waals surface area contributed by atoms with Crippen LogP contribution in [0.3, 0.4) is 0 Å². The van der Waals surface area contributed by atoms with Crippen LogP contribution in [-0.2, 0) is 16.1 Å². The van der Waals surface area contributed by atoms with Crippen LogP contribution in [-0.4, -0.2) is 33.9 Å². The highest BCUT2D eigenvalue weighted by Gasteiger charge is 2.38. The lowest BCUT2D eigenvalue weighted by molar-refractivity contribution is -0.144. The molecule has 1 fully saturated rings. The molecule has 1 atom stereocenters. The summed E-state index contributed by atoms with van der Waals surface area (Å²) in [6.07, 6.45) is 14.4. The second kappa shape index (κ2) is 8.54. The standard InChI is InChI=1S/C23H33N3O2/c1-17-9-11-19(12-10-17)24-23(28)22-20-8-5-14-25(20)16-21(27)26(22)15-13-18-6-3-2-4-7-18/h5-6,8,14,17,19,22H,2-4,7,9-13,15-16H2,1H3,(H,24,28). The zero-order valence-electron chi connectivity index (χ0n) is 17.0. The maximum absolute atomic E-state index is 13.3. The van der Waals surface area contributed by atoms with Gasteiger partial charge in [0.05, 0.1) is 5.69 Å². The van der Waals surface area contributed by atoms with Crippen molar-refractivity contribution in [2.75, 3.05) is 6.54 Å². The first kappa shape index (κ1) is 19.3. The Bertz CT molecular complexity index is 743. The molecule has 1 unspecified atom stereocenters. The van der Waals surface area contributed by atoms with E-state index in [-0.39, 0.29) is 17.9 Å². The van der Waals surface area contributed by atoms with Gasteiger partial charge in [0.15, 0.2) is 6.04 Å². The Kier molecular flexibility index (Phi) is 5.88. The first-order valence-corrected chi connectivity index (χ1v) is 11.0. The molecule has 1 saturated carbocycles. The molecular formula is C23H33N3O2. The van der Waals surface area contributed by atoms with E-state index in [1.807, 2.05) is 27.8 Å². The van der Waals surface area contributed by atoms with Gasteiger partial charge in [-0.3, -0.25) is 9.59 Å². The molecule has 1 N–H and O–H groups in total. The Morgan fingerprint density at radius 2 is 2.04 bits per heavy atom. The van der Waals surface area contributed by atoms with Crippen LogP contribution in [0.15, 0.2) is 30.0 Å². The fraction of sp³-hybridized carbons (Fsp3) is 0.652. The van der Waals surface area contributed by atoms with Crippen molar-refractivity contribution in [3.05, 3.63) is 35.7 Å². The minimum atomic E-state index is -0.500. The van der Waals surface area contributed by atoms with Gasteiger partial charge in [0.1, 0.15) is 6.54 Å². The average Bonchev–Trinajstić information content (AvgIpc) is 3.16. The van der Waals surface area contributed by atoms with Crippen LogP contribution in [0.2, 0.25) is 0 Å². The largest absolute Gasteiger partial charge is 0.351 e. The Hall–Kier alpha value is -2.04. The smallest absolute Gasteiger partial charge is 0.249 e. The number of rotatable bonds is 5. The number of carbonyl (C=O) groups is 2. The molecule has 5 nitrogen and oxygen atoms in total. The molecule has 1 aliphatic heterocycles. The highest BCUT2D eigenvalue weighted by molar-refractivity contribution is 5.90. The van der Waals surface area contributed by atoms with E-state index in [1.54, 1.807) is 0 Å². The molecule has 4 rings (SSSR count). The third-order valence-corrected chi connectivity index (χ3v) is 6.75. The molecule has 0 bridgehead atoms. The number of nitrogens with one attached hydrogen (secondary N) is 1. The number of hydrogen-bond acceptors (Lipinski definition) is 2. The number of carbonyl (C=O) groups excluding carboxylic acids is 2. The maximum Gasteiger partial charge on any atom is 0.249 e. The number of nitrogens with zero attached hydrogens (tertiary/aromatic N) is 2. The van der Waals surface area contributed by atoms with Crippen LogP contribution >= 0.6 is 0 Å². The molecular weight excluding hydrogens is 350 g/mol. The van der Waals surface area contributed by atoms with E-state index in [0.717, 1.165) is 43.7 Å². The molecule has 2 heterocycles. The molecule has 0 saturated heterocycles. The van der Waals surface area contributed by atoms with Gasteiger partial charge in [-0.05, 0) is 75.8 Å². The van der Waals surface area contributed by atoms with E-state index in [4.69, 9.17) is 0 Å². The first-order valence-electron chi connectivity index (χ1n) is 11.0. The van der Waals surface area contributed by atoms with Crippen LogP contribution in [0.25, 0.3) is 0 Å². The number of allylic oxidation sites excluding steroid dienone is 1. The summed E-state index contributed by atoms with van der Waals surface area (Å²) in [6.45, 7) is 3.26. The van der Waals surface area contributed by atoms with Crippen molar-refractivity contribution in [1.29, 1.82) is 0 Å². The number of fused-ring (bicyclic) bond motifs is 1. The van der Waals surface area contributed by atoms with Crippen molar-refractivity contribution in [3.63, 3.8) is 0 Å². The lowest BCUT2D eigenvalue weighted by atomic mass is 9.87. The zero-order valence-corrected chi connectivity index (χ0v) is 17.0. The van der Waals surface area contributed by atoms with Crippen molar-refractivity contribution >= 4 is 11.8 Å². The van der Waals surface area contributed by atoms with Crippen LogP contribution in [0.4, 0.5) is 0 Å². The Balaban J connectivity index is 1.49. The summed E-state index contributed by atoms with van der Waals surface area (Å²) in [5.41, 5.74) is 2.39. The van der Waals surface area contributed by atoms with E-state index in [9.17, 15) is 9.59 Å². The van der Waals surface area contributed by atoms with E-state index in [2.05, 4.69) is 18.3 Å². The first-order chi connectivity index (χ1) is 13.6. The summed E-state index contributed by atoms with van der Waals surface area (Å²) in [6, 6.07) is 3.68. The van der Waals surface area contributed by atoms with E-state index in [1.165, 1.54) is 31.3 Å². The molecule has 152 valence electrons. The van der Waals surface area contributed by atoms with Gasteiger partial charge in [0.2, 0.25) is 11.8 Å². The van der Waals surface area contributed by atoms with Gasteiger partial charge >= 0.3 is 0 Å². The zero-order chi connectivity index (χ0) is 19.5. The van der Waals surface area contributed by atoms with Gasteiger partial charge in [-0.2, -0.15) is 0 Å². The summed E-state index contributed by atoms with van der Waals surface area (Å²) in [4.78, 5) is 28.0. The molecule has 1 aromatic rings. The summed E-state index contributed by atoms with van der Waals surface area (Å²) in [5, 5.41) is 3.27. The molecule has 0 aromatic carbocycles. The summed E-state index contributed by atoms with van der Waals surface area (Å²) >= 11 is 0. The van der Waals surface area contributed by atoms with Gasteiger partial charge in [0.25, 0.3) is 0 Å². The van der Waals surface area contributed by atoms with Crippen LogP contribution < -0.4 is 5.32 Å². The Morgan fingerprint density at radius 3 is 2.79 bits per heavy atom. The van der Waals surface area contributed by atoms with Gasteiger partial charge in [0, 0.05) is 18.8 Å². The molecule has 5 heteroatoms. The fourth-order valence-corrected chi connectivity index (χ4v) is 4.97. The average molecular weight is 384 g/mol. The normalized spacial score (nSPS) is 27.9. The minimum Gasteiger partial charge on any atom is -0.351 e. The van der Waals surface area contributed by atoms with E-state index >= 15 is 0 Å². The molecule has 1 aromatic heterocycles. The maximum atomic E-state index is 13.3. The molecule has 0 spiro atoms. The molecule has 3 aliphatic rings.